The van der Waals surface area contributed by atoms with Gasteiger partial charge in [-0.15, -0.1) is 0 Å². The summed E-state index contributed by atoms with van der Waals surface area (Å²) >= 11 is 18.2. The molecule has 0 saturated carbocycles. The van der Waals surface area contributed by atoms with Gasteiger partial charge in [0, 0.05) is 0 Å². The van der Waals surface area contributed by atoms with Gasteiger partial charge in [0.1, 0.15) is 12.3 Å². The number of hydrogen-bond acceptors (Lipinski definition) is 4. The second-order valence-corrected chi connectivity index (χ2v) is 11.0. The van der Waals surface area contributed by atoms with Crippen LogP contribution in [0.3, 0.4) is 0 Å². The van der Waals surface area contributed by atoms with Crippen LogP contribution >= 0.6 is 34.8 Å². The maximum atomic E-state index is 12.8. The molecule has 10 heteroatoms. The van der Waals surface area contributed by atoms with Crippen molar-refractivity contribution in [2.45, 2.75) is 39.7 Å². The first kappa shape index (κ1) is 26.6. The largest absolute Gasteiger partial charge is 0.496 e. The Bertz CT molecular complexity index is 1120. The number of hydrogen-bond donors (Lipinski definition) is 1. The van der Waals surface area contributed by atoms with Gasteiger partial charge in [-0.1, -0.05) is 48.7 Å². The molecule has 1 atom stereocenters. The molecule has 0 aliphatic carbocycles. The fourth-order valence-electron chi connectivity index (χ4n) is 3.39. The van der Waals surface area contributed by atoms with Crippen molar-refractivity contribution in [2.24, 2.45) is 0 Å². The van der Waals surface area contributed by atoms with Crippen molar-refractivity contribution in [3.05, 3.63) is 56.0 Å². The Morgan fingerprint density at radius 2 is 1.62 bits per heavy atom. The third kappa shape index (κ3) is 6.22. The lowest BCUT2D eigenvalue weighted by atomic mass is 9.93. The Morgan fingerprint density at radius 3 is 2.16 bits per heavy atom. The highest BCUT2D eigenvalue weighted by atomic mass is 35.5. The normalized spacial score (nSPS) is 12.6. The second kappa shape index (κ2) is 10.5. The fraction of sp³-hybridized carbons (Fsp3) is 0.409. The molecule has 0 aliphatic rings. The lowest BCUT2D eigenvalue weighted by Crippen LogP contribution is -2.41. The van der Waals surface area contributed by atoms with Crippen molar-refractivity contribution >= 4 is 56.4 Å². The van der Waals surface area contributed by atoms with Crippen molar-refractivity contribution < 1.29 is 17.9 Å². The zero-order chi connectivity index (χ0) is 24.4. The van der Waals surface area contributed by atoms with E-state index in [4.69, 9.17) is 39.5 Å². The van der Waals surface area contributed by atoms with Crippen LogP contribution in [0.4, 0.5) is 5.69 Å². The van der Waals surface area contributed by atoms with Gasteiger partial charge in [0.05, 0.1) is 40.2 Å². The maximum absolute atomic E-state index is 12.8. The number of methoxy groups -OCH3 is 1. The first-order valence-electron chi connectivity index (χ1n) is 9.86. The Balaban J connectivity index is 2.32. The molecule has 0 unspecified atom stereocenters. The van der Waals surface area contributed by atoms with Gasteiger partial charge in [-0.3, -0.25) is 9.10 Å². The average Bonchev–Trinajstić information content (AvgIpc) is 2.67. The van der Waals surface area contributed by atoms with E-state index in [9.17, 15) is 13.2 Å². The lowest BCUT2D eigenvalue weighted by Gasteiger charge is -2.25. The van der Waals surface area contributed by atoms with E-state index in [2.05, 4.69) is 19.2 Å². The van der Waals surface area contributed by atoms with Gasteiger partial charge in [0.25, 0.3) is 0 Å². The average molecular weight is 522 g/mol. The second-order valence-electron chi connectivity index (χ2n) is 7.88. The molecule has 0 bridgehead atoms. The summed E-state index contributed by atoms with van der Waals surface area (Å²) < 4.78 is 31.2. The molecule has 2 rings (SSSR count). The number of ether oxygens (including phenoxy) is 1. The summed E-state index contributed by atoms with van der Waals surface area (Å²) in [6.45, 7) is 7.43. The number of sulfonamides is 1. The van der Waals surface area contributed by atoms with Crippen LogP contribution in [-0.2, 0) is 14.8 Å². The van der Waals surface area contributed by atoms with Crippen LogP contribution in [0.1, 0.15) is 49.4 Å². The Labute approximate surface area is 204 Å². The van der Waals surface area contributed by atoms with E-state index in [1.54, 1.807) is 7.11 Å². The lowest BCUT2D eigenvalue weighted by molar-refractivity contribution is -0.120. The highest BCUT2D eigenvalue weighted by molar-refractivity contribution is 7.92. The molecule has 0 heterocycles. The van der Waals surface area contributed by atoms with Crippen LogP contribution in [0.15, 0.2) is 24.3 Å². The minimum atomic E-state index is -3.83. The first-order valence-corrected chi connectivity index (χ1v) is 12.8. The van der Waals surface area contributed by atoms with Crippen molar-refractivity contribution in [1.29, 1.82) is 0 Å². The number of benzene rings is 2. The molecule has 2 aromatic rings. The van der Waals surface area contributed by atoms with E-state index in [1.165, 1.54) is 12.1 Å². The molecule has 0 aromatic heterocycles. The van der Waals surface area contributed by atoms with E-state index in [1.807, 2.05) is 26.0 Å². The third-order valence-electron chi connectivity index (χ3n) is 5.03. The number of rotatable bonds is 8. The summed E-state index contributed by atoms with van der Waals surface area (Å²) in [5.41, 5.74) is 2.97. The summed E-state index contributed by atoms with van der Waals surface area (Å²) in [5, 5.41) is 3.25. The summed E-state index contributed by atoms with van der Waals surface area (Å²) in [7, 11) is -2.21. The standard InChI is InChI=1S/C22H27Cl3N2O4S/c1-12(2)15-8-16(13(3)7-21(15)31-5)14(4)26-22(28)11-27(32(6,29)30)20-10-18(24)17(23)9-19(20)25/h7-10,12,14H,11H2,1-6H3,(H,26,28)/t14-/m0/s1. The molecule has 32 heavy (non-hydrogen) atoms. The van der Waals surface area contributed by atoms with Gasteiger partial charge < -0.3 is 10.1 Å². The van der Waals surface area contributed by atoms with E-state index in [0.29, 0.717) is 0 Å². The number of aryl methyl sites for hydroxylation is 1. The van der Waals surface area contributed by atoms with E-state index in [-0.39, 0.29) is 32.7 Å². The number of amides is 1. The van der Waals surface area contributed by atoms with Gasteiger partial charge in [-0.25, -0.2) is 8.42 Å². The van der Waals surface area contributed by atoms with Crippen molar-refractivity contribution in [3.63, 3.8) is 0 Å². The number of anilines is 1. The molecule has 2 aromatic carbocycles. The van der Waals surface area contributed by atoms with Crippen molar-refractivity contribution in [2.75, 3.05) is 24.2 Å². The topological polar surface area (TPSA) is 75.7 Å². The molecule has 6 nitrogen and oxygen atoms in total. The molecule has 0 spiro atoms. The zero-order valence-corrected chi connectivity index (χ0v) is 21.9. The molecule has 0 fully saturated rings. The number of nitrogens with zero attached hydrogens (tertiary/aromatic N) is 1. The van der Waals surface area contributed by atoms with E-state index < -0.39 is 22.5 Å². The molecular formula is C22H27Cl3N2O4S. The molecule has 0 saturated heterocycles. The number of carbonyl (C=O) groups excluding carboxylic acids is 1. The Kier molecular flexibility index (Phi) is 8.73. The number of carbonyl (C=O) groups is 1. The van der Waals surface area contributed by atoms with E-state index >= 15 is 0 Å². The van der Waals surface area contributed by atoms with Gasteiger partial charge in [0.15, 0.2) is 0 Å². The minimum absolute atomic E-state index is 0.0678. The van der Waals surface area contributed by atoms with Gasteiger partial charge in [-0.05, 0) is 60.7 Å². The Hall–Kier alpha value is -1.67. The maximum Gasteiger partial charge on any atom is 0.241 e. The van der Waals surface area contributed by atoms with Crippen LogP contribution in [0.25, 0.3) is 0 Å². The summed E-state index contributed by atoms with van der Waals surface area (Å²) in [6, 6.07) is 6.25. The highest BCUT2D eigenvalue weighted by Crippen LogP contribution is 2.36. The fourth-order valence-corrected chi connectivity index (χ4v) is 4.94. The molecule has 176 valence electrons. The molecule has 0 aliphatic heterocycles. The van der Waals surface area contributed by atoms with Gasteiger partial charge >= 0.3 is 0 Å². The summed E-state index contributed by atoms with van der Waals surface area (Å²) in [5.74, 6) is 0.522. The van der Waals surface area contributed by atoms with Crippen LogP contribution in [0.2, 0.25) is 15.1 Å². The molecule has 1 N–H and O–H groups in total. The van der Waals surface area contributed by atoms with Crippen LogP contribution < -0.4 is 14.4 Å². The van der Waals surface area contributed by atoms with E-state index in [0.717, 1.165) is 33.0 Å². The molecule has 0 radical (unpaired) electrons. The third-order valence-corrected chi connectivity index (χ3v) is 7.18. The monoisotopic (exact) mass is 520 g/mol. The van der Waals surface area contributed by atoms with Gasteiger partial charge in [0.2, 0.25) is 15.9 Å². The van der Waals surface area contributed by atoms with Crippen LogP contribution in [0.5, 0.6) is 5.75 Å². The van der Waals surface area contributed by atoms with Gasteiger partial charge in [-0.2, -0.15) is 0 Å². The van der Waals surface area contributed by atoms with Crippen molar-refractivity contribution in [3.8, 4) is 5.75 Å². The highest BCUT2D eigenvalue weighted by Gasteiger charge is 2.25. The summed E-state index contributed by atoms with van der Waals surface area (Å²) in [4.78, 5) is 12.8. The van der Waals surface area contributed by atoms with Crippen molar-refractivity contribution in [1.82, 2.24) is 5.32 Å². The van der Waals surface area contributed by atoms with Crippen LogP contribution in [-0.4, -0.2) is 34.2 Å². The Morgan fingerprint density at radius 1 is 1.03 bits per heavy atom. The van der Waals surface area contributed by atoms with Crippen LogP contribution in [0, 0.1) is 6.92 Å². The summed E-state index contributed by atoms with van der Waals surface area (Å²) in [6.07, 6.45) is 0.991. The molecular weight excluding hydrogens is 495 g/mol. The predicted molar refractivity (Wildman–Crippen MR) is 132 cm³/mol. The SMILES string of the molecule is COc1cc(C)c([C@H](C)NC(=O)CN(c2cc(Cl)c(Cl)cc2Cl)S(C)(=O)=O)cc1C(C)C. The predicted octanol–water partition coefficient (Wildman–Crippen LogP) is 5.73. The number of halogens is 3. The quantitative estimate of drug-likeness (QED) is 0.450. The number of nitrogens with one attached hydrogen (secondary N) is 1. The zero-order valence-electron chi connectivity index (χ0n) is 18.8. The minimum Gasteiger partial charge on any atom is -0.496 e. The molecule has 1 amide bonds. The first-order chi connectivity index (χ1) is 14.8. The smallest absolute Gasteiger partial charge is 0.241 e.